The molecule has 0 aliphatic carbocycles. The molecule has 1 fully saturated rings. The van der Waals surface area contributed by atoms with E-state index in [2.05, 4.69) is 22.1 Å². The highest BCUT2D eigenvalue weighted by Crippen LogP contribution is 2.19. The van der Waals surface area contributed by atoms with E-state index in [1.165, 1.54) is 0 Å². The summed E-state index contributed by atoms with van der Waals surface area (Å²) >= 11 is 0. The van der Waals surface area contributed by atoms with Crippen LogP contribution in [0.1, 0.15) is 23.0 Å². The highest BCUT2D eigenvalue weighted by Gasteiger charge is 2.22. The van der Waals surface area contributed by atoms with Crippen molar-refractivity contribution in [2.24, 2.45) is 0 Å². The molecule has 6 nitrogen and oxygen atoms in total. The fraction of sp³-hybridized carbons (Fsp3) is 0.400. The van der Waals surface area contributed by atoms with Gasteiger partial charge in [0.05, 0.1) is 19.0 Å². The van der Waals surface area contributed by atoms with Crippen molar-refractivity contribution in [1.82, 2.24) is 14.8 Å². The molecule has 0 spiro atoms. The van der Waals surface area contributed by atoms with Gasteiger partial charge in [0, 0.05) is 38.3 Å². The first-order chi connectivity index (χ1) is 12.7. The predicted octanol–water partition coefficient (Wildman–Crippen LogP) is 2.48. The van der Waals surface area contributed by atoms with Crippen LogP contribution in [0.15, 0.2) is 42.6 Å². The topological polar surface area (TPSA) is 57.7 Å². The second-order valence-electron chi connectivity index (χ2n) is 6.32. The molecule has 1 aliphatic heterocycles. The van der Waals surface area contributed by atoms with Gasteiger partial charge >= 0.3 is 0 Å². The summed E-state index contributed by atoms with van der Waals surface area (Å²) in [5.41, 5.74) is 2.45. The number of anilines is 1. The fourth-order valence-electron chi connectivity index (χ4n) is 3.10. The van der Waals surface area contributed by atoms with E-state index in [9.17, 15) is 4.79 Å². The van der Waals surface area contributed by atoms with Crippen molar-refractivity contribution >= 4 is 11.6 Å². The molecule has 0 radical (unpaired) electrons. The maximum absolute atomic E-state index is 12.6. The van der Waals surface area contributed by atoms with E-state index in [0.717, 1.165) is 49.7 Å². The maximum atomic E-state index is 12.6. The van der Waals surface area contributed by atoms with Crippen LogP contribution in [0.25, 0.3) is 0 Å². The van der Waals surface area contributed by atoms with Crippen molar-refractivity contribution in [2.75, 3.05) is 45.2 Å². The van der Waals surface area contributed by atoms with Crippen molar-refractivity contribution in [1.29, 1.82) is 0 Å². The zero-order valence-corrected chi connectivity index (χ0v) is 15.4. The molecule has 2 heterocycles. The molecule has 0 saturated carbocycles. The third kappa shape index (κ3) is 4.32. The lowest BCUT2D eigenvalue weighted by Crippen LogP contribution is -2.48. The molecule has 1 aromatic carbocycles. The smallest absolute Gasteiger partial charge is 0.272 e. The molecule has 0 atom stereocenters. The molecule has 1 aromatic heterocycles. The minimum absolute atomic E-state index is 0.0111. The zero-order valence-electron chi connectivity index (χ0n) is 15.4. The number of piperazine rings is 1. The number of rotatable bonds is 6. The van der Waals surface area contributed by atoms with E-state index in [0.29, 0.717) is 12.2 Å². The van der Waals surface area contributed by atoms with Gasteiger partial charge in [0.2, 0.25) is 0 Å². The molecule has 0 bridgehead atoms. The standard InChI is InChI=1S/C20H26N4O2/c1-3-23-10-12-24(13-11-23)20(25)18-9-8-17(15-22-18)21-14-16-6-4-5-7-19(16)26-2/h4-9,15,21H,3,10-14H2,1-2H3. The summed E-state index contributed by atoms with van der Waals surface area (Å²) in [6.45, 7) is 7.21. The van der Waals surface area contributed by atoms with E-state index in [1.807, 2.05) is 35.2 Å². The van der Waals surface area contributed by atoms with Crippen LogP contribution in [-0.2, 0) is 6.54 Å². The molecule has 26 heavy (non-hydrogen) atoms. The molecule has 1 aliphatic rings. The average molecular weight is 354 g/mol. The first kappa shape index (κ1) is 18.2. The van der Waals surface area contributed by atoms with Crippen LogP contribution < -0.4 is 10.1 Å². The first-order valence-electron chi connectivity index (χ1n) is 9.04. The van der Waals surface area contributed by atoms with Gasteiger partial charge in [-0.2, -0.15) is 0 Å². The second kappa shape index (κ2) is 8.67. The number of carbonyl (C=O) groups excluding carboxylic acids is 1. The minimum atomic E-state index is 0.0111. The van der Waals surface area contributed by atoms with Crippen LogP contribution in [0.3, 0.4) is 0 Å². The summed E-state index contributed by atoms with van der Waals surface area (Å²) < 4.78 is 5.36. The Morgan fingerprint density at radius 1 is 1.15 bits per heavy atom. The predicted molar refractivity (Wildman–Crippen MR) is 103 cm³/mol. The second-order valence-corrected chi connectivity index (χ2v) is 6.32. The molecule has 1 amide bonds. The highest BCUT2D eigenvalue weighted by atomic mass is 16.5. The van der Waals surface area contributed by atoms with Gasteiger partial charge in [-0.05, 0) is 24.7 Å². The first-order valence-corrected chi connectivity index (χ1v) is 9.04. The Balaban J connectivity index is 1.57. The quantitative estimate of drug-likeness (QED) is 0.864. The van der Waals surface area contributed by atoms with Crippen molar-refractivity contribution in [3.8, 4) is 5.75 Å². The maximum Gasteiger partial charge on any atom is 0.272 e. The van der Waals surface area contributed by atoms with Gasteiger partial charge in [0.1, 0.15) is 11.4 Å². The number of benzene rings is 1. The lowest BCUT2D eigenvalue weighted by molar-refractivity contribution is 0.0637. The number of amides is 1. The summed E-state index contributed by atoms with van der Waals surface area (Å²) in [5.74, 6) is 0.864. The van der Waals surface area contributed by atoms with Gasteiger partial charge in [-0.1, -0.05) is 25.1 Å². The van der Waals surface area contributed by atoms with Crippen LogP contribution in [-0.4, -0.2) is 60.5 Å². The van der Waals surface area contributed by atoms with Gasteiger partial charge in [0.15, 0.2) is 0 Å². The van der Waals surface area contributed by atoms with E-state index >= 15 is 0 Å². The van der Waals surface area contributed by atoms with Crippen molar-refractivity contribution in [2.45, 2.75) is 13.5 Å². The fourth-order valence-corrected chi connectivity index (χ4v) is 3.10. The van der Waals surface area contributed by atoms with Crippen LogP contribution in [0.5, 0.6) is 5.75 Å². The number of nitrogens with one attached hydrogen (secondary N) is 1. The molecule has 0 unspecified atom stereocenters. The number of ether oxygens (including phenoxy) is 1. The van der Waals surface area contributed by atoms with Crippen LogP contribution in [0.2, 0.25) is 0 Å². The molecular weight excluding hydrogens is 328 g/mol. The summed E-state index contributed by atoms with van der Waals surface area (Å²) in [6, 6.07) is 11.6. The van der Waals surface area contributed by atoms with Gasteiger partial charge in [0.25, 0.3) is 5.91 Å². The SMILES string of the molecule is CCN1CCN(C(=O)c2ccc(NCc3ccccc3OC)cn2)CC1. The van der Waals surface area contributed by atoms with E-state index in [4.69, 9.17) is 4.74 Å². The molecule has 6 heteroatoms. The van der Waals surface area contributed by atoms with Gasteiger partial charge in [-0.3, -0.25) is 4.79 Å². The summed E-state index contributed by atoms with van der Waals surface area (Å²) in [7, 11) is 1.67. The lowest BCUT2D eigenvalue weighted by atomic mass is 10.2. The third-order valence-electron chi connectivity index (χ3n) is 4.76. The lowest BCUT2D eigenvalue weighted by Gasteiger charge is -2.33. The number of carbonyl (C=O) groups is 1. The largest absolute Gasteiger partial charge is 0.496 e. The number of aromatic nitrogens is 1. The Bertz CT molecular complexity index is 725. The van der Waals surface area contributed by atoms with Gasteiger partial charge < -0.3 is 19.9 Å². The van der Waals surface area contributed by atoms with E-state index in [1.54, 1.807) is 19.4 Å². The van der Waals surface area contributed by atoms with E-state index in [-0.39, 0.29) is 5.91 Å². The Morgan fingerprint density at radius 2 is 1.92 bits per heavy atom. The number of hydrogen-bond donors (Lipinski definition) is 1. The molecule has 138 valence electrons. The Hall–Kier alpha value is -2.60. The number of likely N-dealkylation sites (N-methyl/N-ethyl adjacent to an activating group) is 1. The number of para-hydroxylation sites is 1. The van der Waals surface area contributed by atoms with Crippen molar-refractivity contribution < 1.29 is 9.53 Å². The summed E-state index contributed by atoms with van der Waals surface area (Å²) in [4.78, 5) is 21.2. The molecular formula is C20H26N4O2. The highest BCUT2D eigenvalue weighted by molar-refractivity contribution is 5.92. The molecule has 1 N–H and O–H groups in total. The molecule has 2 aromatic rings. The van der Waals surface area contributed by atoms with Gasteiger partial charge in [-0.15, -0.1) is 0 Å². The molecule has 3 rings (SSSR count). The normalized spacial score (nSPS) is 14.9. The van der Waals surface area contributed by atoms with Crippen molar-refractivity contribution in [3.63, 3.8) is 0 Å². The van der Waals surface area contributed by atoms with E-state index < -0.39 is 0 Å². The average Bonchev–Trinajstić information content (AvgIpc) is 2.72. The van der Waals surface area contributed by atoms with Crippen LogP contribution in [0.4, 0.5) is 5.69 Å². The number of hydrogen-bond acceptors (Lipinski definition) is 5. The number of methoxy groups -OCH3 is 1. The number of pyridine rings is 1. The van der Waals surface area contributed by atoms with Crippen LogP contribution >= 0.6 is 0 Å². The zero-order chi connectivity index (χ0) is 18.4. The third-order valence-corrected chi connectivity index (χ3v) is 4.76. The minimum Gasteiger partial charge on any atom is -0.496 e. The van der Waals surface area contributed by atoms with Crippen LogP contribution in [0, 0.1) is 0 Å². The van der Waals surface area contributed by atoms with Gasteiger partial charge in [-0.25, -0.2) is 4.98 Å². The monoisotopic (exact) mass is 354 g/mol. The Morgan fingerprint density at radius 3 is 2.58 bits per heavy atom. The summed E-state index contributed by atoms with van der Waals surface area (Å²) in [6.07, 6.45) is 1.71. The Labute approximate surface area is 154 Å². The summed E-state index contributed by atoms with van der Waals surface area (Å²) in [5, 5.41) is 3.32. The molecule has 1 saturated heterocycles. The van der Waals surface area contributed by atoms with Crippen molar-refractivity contribution in [3.05, 3.63) is 53.9 Å². The Kier molecular flexibility index (Phi) is 6.07. The number of nitrogens with zero attached hydrogens (tertiary/aromatic N) is 3.